The lowest BCUT2D eigenvalue weighted by molar-refractivity contribution is -0.147. The molecule has 0 saturated carbocycles. The molecule has 0 aliphatic heterocycles. The Morgan fingerprint density at radius 2 is 0.797 bits per heavy atom. The zero-order valence-electron chi connectivity index (χ0n) is 42.3. The van der Waals surface area contributed by atoms with Gasteiger partial charge in [0, 0.05) is 19.4 Å². The molecule has 0 aromatic rings. The Labute approximate surface area is 396 Å². The van der Waals surface area contributed by atoms with E-state index in [2.05, 4.69) is 31.3 Å². The van der Waals surface area contributed by atoms with Crippen molar-refractivity contribution in [2.75, 3.05) is 26.4 Å². The predicted molar refractivity (Wildman–Crippen MR) is 271 cm³/mol. The van der Waals surface area contributed by atoms with E-state index in [4.69, 9.17) is 13.8 Å². The van der Waals surface area contributed by atoms with Crippen molar-refractivity contribution in [1.29, 1.82) is 0 Å². The van der Waals surface area contributed by atoms with Gasteiger partial charge >= 0.3 is 13.8 Å². The molecule has 9 nitrogen and oxygen atoms in total. The van der Waals surface area contributed by atoms with E-state index in [9.17, 15) is 24.2 Å². The zero-order chi connectivity index (χ0) is 46.7. The van der Waals surface area contributed by atoms with E-state index < -0.39 is 26.5 Å². The van der Waals surface area contributed by atoms with E-state index in [-0.39, 0.29) is 32.1 Å². The van der Waals surface area contributed by atoms with E-state index in [1.165, 1.54) is 225 Å². The van der Waals surface area contributed by atoms with Crippen LogP contribution in [0.2, 0.25) is 0 Å². The number of rotatable bonds is 53. The average molecular weight is 928 g/mol. The minimum atomic E-state index is -4.42. The van der Waals surface area contributed by atoms with Crippen LogP contribution < -0.4 is 5.32 Å². The first-order valence-corrected chi connectivity index (χ1v) is 29.2. The van der Waals surface area contributed by atoms with Gasteiger partial charge in [-0.05, 0) is 38.5 Å². The number of hydrogen-bond acceptors (Lipinski definition) is 7. The molecule has 0 saturated heterocycles. The molecule has 3 N–H and O–H groups in total. The molecule has 10 heteroatoms. The normalized spacial score (nSPS) is 13.1. The first kappa shape index (κ1) is 62.8. The summed E-state index contributed by atoms with van der Waals surface area (Å²) < 4.78 is 27.0. The fourth-order valence-electron chi connectivity index (χ4n) is 8.26. The summed E-state index contributed by atoms with van der Waals surface area (Å²) in [5.74, 6) is -0.500. The third kappa shape index (κ3) is 51.7. The molecule has 2 atom stereocenters. The van der Waals surface area contributed by atoms with Gasteiger partial charge in [0.05, 0.1) is 13.2 Å². The van der Waals surface area contributed by atoms with Crippen LogP contribution in [0.1, 0.15) is 290 Å². The third-order valence-electron chi connectivity index (χ3n) is 12.4. The van der Waals surface area contributed by atoms with Crippen LogP contribution in [0.25, 0.3) is 0 Å². The number of ether oxygens (including phenoxy) is 1. The molecule has 0 rings (SSSR count). The minimum Gasteiger partial charge on any atom is -0.463 e. The lowest BCUT2D eigenvalue weighted by Crippen LogP contribution is -2.27. The number of carbonyl (C=O) groups excluding carboxylic acids is 2. The van der Waals surface area contributed by atoms with Crippen LogP contribution >= 0.6 is 7.82 Å². The Morgan fingerprint density at radius 3 is 1.17 bits per heavy atom. The van der Waals surface area contributed by atoms with E-state index in [0.29, 0.717) is 6.42 Å². The second-order valence-corrected chi connectivity index (χ2v) is 20.4. The number of hydrogen-bond donors (Lipinski definition) is 3. The lowest BCUT2D eigenvalue weighted by Gasteiger charge is -2.15. The van der Waals surface area contributed by atoms with Gasteiger partial charge in [-0.15, -0.1) is 0 Å². The van der Waals surface area contributed by atoms with Crippen LogP contribution in [0.15, 0.2) is 12.2 Å². The Balaban J connectivity index is 3.49. The third-order valence-corrected chi connectivity index (χ3v) is 13.4. The van der Waals surface area contributed by atoms with Crippen LogP contribution in [0.5, 0.6) is 0 Å². The highest BCUT2D eigenvalue weighted by Gasteiger charge is 2.23. The number of unbranched alkanes of at least 4 members (excludes halogenated alkanes) is 38. The van der Waals surface area contributed by atoms with Gasteiger partial charge in [-0.2, -0.15) is 0 Å². The van der Waals surface area contributed by atoms with Crippen molar-refractivity contribution in [3.8, 4) is 0 Å². The molecule has 0 fully saturated rings. The van der Waals surface area contributed by atoms with E-state index >= 15 is 0 Å². The number of phosphoric ester groups is 1. The fraction of sp³-hybridized carbons (Fsp3) is 0.926. The van der Waals surface area contributed by atoms with Gasteiger partial charge in [0.2, 0.25) is 5.91 Å². The number of allylic oxidation sites excluding steroid dienone is 2. The summed E-state index contributed by atoms with van der Waals surface area (Å²) >= 11 is 0. The summed E-state index contributed by atoms with van der Waals surface area (Å²) in [6.07, 6.45) is 57.3. The van der Waals surface area contributed by atoms with Crippen molar-refractivity contribution in [1.82, 2.24) is 5.32 Å². The number of phosphoric acid groups is 1. The molecule has 0 radical (unpaired) electrons. The molecular weight excluding hydrogens is 822 g/mol. The van der Waals surface area contributed by atoms with Gasteiger partial charge in [0.1, 0.15) is 12.7 Å². The summed E-state index contributed by atoms with van der Waals surface area (Å²) in [7, 11) is -4.42. The summed E-state index contributed by atoms with van der Waals surface area (Å²) in [5.41, 5.74) is 0. The maximum Gasteiger partial charge on any atom is 0.472 e. The van der Waals surface area contributed by atoms with Crippen LogP contribution in [-0.2, 0) is 27.9 Å². The summed E-state index contributed by atoms with van der Waals surface area (Å²) in [6.45, 7) is 3.62. The molecule has 0 aromatic carbocycles. The van der Waals surface area contributed by atoms with E-state index in [1.807, 2.05) is 0 Å². The monoisotopic (exact) mass is 928 g/mol. The van der Waals surface area contributed by atoms with Crippen molar-refractivity contribution in [3.63, 3.8) is 0 Å². The van der Waals surface area contributed by atoms with Crippen LogP contribution in [0, 0.1) is 0 Å². The second-order valence-electron chi connectivity index (χ2n) is 18.9. The second kappa shape index (κ2) is 51.1. The maximum atomic E-state index is 12.2. The van der Waals surface area contributed by atoms with Gasteiger partial charge in [-0.25, -0.2) is 4.57 Å². The Hall–Kier alpha value is -1.25. The van der Waals surface area contributed by atoms with Crippen molar-refractivity contribution >= 4 is 19.7 Å². The minimum absolute atomic E-state index is 0.0876. The number of esters is 1. The molecule has 0 aromatic heterocycles. The largest absolute Gasteiger partial charge is 0.472 e. The average Bonchev–Trinajstić information content (AvgIpc) is 3.28. The summed E-state index contributed by atoms with van der Waals surface area (Å²) in [4.78, 5) is 34.1. The molecule has 1 amide bonds. The van der Waals surface area contributed by atoms with Gasteiger partial charge in [0.25, 0.3) is 0 Å². The molecule has 0 spiro atoms. The van der Waals surface area contributed by atoms with Gasteiger partial charge in [-0.3, -0.25) is 18.6 Å². The van der Waals surface area contributed by atoms with E-state index in [1.54, 1.807) is 0 Å². The van der Waals surface area contributed by atoms with Gasteiger partial charge < -0.3 is 20.1 Å². The highest BCUT2D eigenvalue weighted by Crippen LogP contribution is 2.42. The van der Waals surface area contributed by atoms with Crippen LogP contribution in [0.3, 0.4) is 0 Å². The maximum absolute atomic E-state index is 12.2. The van der Waals surface area contributed by atoms with E-state index in [0.717, 1.165) is 38.5 Å². The molecular formula is C54H106NO8P. The number of aliphatic hydroxyl groups excluding tert-OH is 1. The van der Waals surface area contributed by atoms with Crippen molar-refractivity contribution in [2.24, 2.45) is 0 Å². The molecule has 0 aliphatic rings. The number of amides is 1. The Kier molecular flexibility index (Phi) is 50.1. The standard InChI is InChI=1S/C54H106NO8P/c1-3-5-7-9-11-13-15-17-19-21-23-25-26-27-29-31-33-35-37-39-41-43-45-47-54(58)61-50-52(56)51-63-64(59,60)62-49-48-55-53(57)46-44-42-40-38-36-34-32-30-28-24-22-20-18-16-14-12-10-8-6-4-2/h17,19,52,56H,3-16,18,20-51H2,1-2H3,(H,55,57)(H,59,60)/b19-17+. The first-order valence-electron chi connectivity index (χ1n) is 27.7. The quantitative estimate of drug-likeness (QED) is 0.0238. The molecule has 64 heavy (non-hydrogen) atoms. The Bertz CT molecular complexity index is 1060. The predicted octanol–water partition coefficient (Wildman–Crippen LogP) is 16.5. The van der Waals surface area contributed by atoms with Crippen molar-refractivity contribution < 1.29 is 37.9 Å². The molecule has 2 unspecified atom stereocenters. The first-order chi connectivity index (χ1) is 31.3. The molecule has 0 heterocycles. The number of nitrogens with one attached hydrogen (secondary N) is 1. The van der Waals surface area contributed by atoms with Crippen molar-refractivity contribution in [2.45, 2.75) is 296 Å². The smallest absolute Gasteiger partial charge is 0.463 e. The Morgan fingerprint density at radius 1 is 0.469 bits per heavy atom. The summed E-state index contributed by atoms with van der Waals surface area (Å²) in [5, 5.41) is 12.8. The van der Waals surface area contributed by atoms with Crippen LogP contribution in [-0.4, -0.2) is 54.3 Å². The van der Waals surface area contributed by atoms with Crippen molar-refractivity contribution in [3.05, 3.63) is 12.2 Å². The molecule has 380 valence electrons. The fourth-order valence-corrected chi connectivity index (χ4v) is 9.02. The number of aliphatic hydroxyl groups is 1. The zero-order valence-corrected chi connectivity index (χ0v) is 43.2. The summed E-state index contributed by atoms with van der Waals surface area (Å²) in [6, 6.07) is 0. The van der Waals surface area contributed by atoms with Crippen LogP contribution in [0.4, 0.5) is 0 Å². The highest BCUT2D eigenvalue weighted by molar-refractivity contribution is 7.47. The SMILES string of the molecule is CCCCCCCC/C=C/CCCCCCCCCCCCCCCC(=O)OCC(O)COP(=O)(O)OCCNC(=O)CCCCCCCCCCCCCCCCCCCCCC. The molecule has 0 aliphatic carbocycles. The number of carbonyl (C=O) groups is 2. The lowest BCUT2D eigenvalue weighted by atomic mass is 10.0. The highest BCUT2D eigenvalue weighted by atomic mass is 31.2. The van der Waals surface area contributed by atoms with Gasteiger partial charge in [-0.1, -0.05) is 251 Å². The van der Waals surface area contributed by atoms with Gasteiger partial charge in [0.15, 0.2) is 0 Å². The molecule has 0 bridgehead atoms. The topological polar surface area (TPSA) is 131 Å².